The van der Waals surface area contributed by atoms with Crippen LogP contribution in [0.25, 0.3) is 16.8 Å². The Morgan fingerprint density at radius 3 is 3.00 bits per heavy atom. The Labute approximate surface area is 161 Å². The average Bonchev–Trinajstić information content (AvgIpc) is 3.38. The van der Waals surface area contributed by atoms with Crippen LogP contribution in [0.4, 0.5) is 0 Å². The molecular formula is C20H20N6S. The number of fused-ring (bicyclic) bond motifs is 1. The van der Waals surface area contributed by atoms with Gasteiger partial charge in [0, 0.05) is 53.8 Å². The molecule has 1 aliphatic heterocycles. The summed E-state index contributed by atoms with van der Waals surface area (Å²) in [6.45, 7) is 3.03. The van der Waals surface area contributed by atoms with Crippen molar-refractivity contribution in [1.82, 2.24) is 29.5 Å². The predicted molar refractivity (Wildman–Crippen MR) is 106 cm³/mol. The van der Waals surface area contributed by atoms with E-state index in [1.165, 1.54) is 11.4 Å². The Morgan fingerprint density at radius 2 is 2.15 bits per heavy atom. The van der Waals surface area contributed by atoms with Crippen molar-refractivity contribution < 1.29 is 0 Å². The first-order valence-corrected chi connectivity index (χ1v) is 10.1. The Kier molecular flexibility index (Phi) is 4.39. The largest absolute Gasteiger partial charge is 0.296 e. The zero-order valence-corrected chi connectivity index (χ0v) is 15.7. The normalized spacial score (nSPS) is 18.1. The third-order valence-corrected chi connectivity index (χ3v) is 5.82. The zero-order chi connectivity index (χ0) is 18.1. The summed E-state index contributed by atoms with van der Waals surface area (Å²) in [5, 5.41) is 8.02. The molecular weight excluding hydrogens is 356 g/mol. The number of pyridine rings is 2. The Balaban J connectivity index is 1.38. The molecule has 1 atom stereocenters. The summed E-state index contributed by atoms with van der Waals surface area (Å²) in [4.78, 5) is 15.9. The van der Waals surface area contributed by atoms with Crippen LogP contribution in [0.15, 0.2) is 54.4 Å². The number of hydrogen-bond donors (Lipinski definition) is 0. The summed E-state index contributed by atoms with van der Waals surface area (Å²) in [6.07, 6.45) is 9.89. The molecule has 4 aromatic heterocycles. The van der Waals surface area contributed by atoms with E-state index >= 15 is 0 Å². The summed E-state index contributed by atoms with van der Waals surface area (Å²) in [5.41, 5.74) is 3.08. The van der Waals surface area contributed by atoms with Gasteiger partial charge >= 0.3 is 0 Å². The van der Waals surface area contributed by atoms with Gasteiger partial charge in [0.1, 0.15) is 5.01 Å². The quantitative estimate of drug-likeness (QED) is 0.544. The molecule has 0 spiro atoms. The van der Waals surface area contributed by atoms with E-state index in [0.29, 0.717) is 5.92 Å². The lowest BCUT2D eigenvalue weighted by atomic mass is 9.97. The molecule has 4 aromatic rings. The third kappa shape index (κ3) is 3.48. The molecule has 0 unspecified atom stereocenters. The second kappa shape index (κ2) is 7.17. The topological polar surface area (TPSA) is 59.2 Å². The van der Waals surface area contributed by atoms with Crippen molar-refractivity contribution in [1.29, 1.82) is 0 Å². The Morgan fingerprint density at radius 1 is 1.15 bits per heavy atom. The fourth-order valence-corrected chi connectivity index (χ4v) is 4.37. The van der Waals surface area contributed by atoms with E-state index in [2.05, 4.69) is 27.0 Å². The van der Waals surface area contributed by atoms with Gasteiger partial charge < -0.3 is 0 Å². The lowest BCUT2D eigenvalue weighted by molar-refractivity contribution is 0.196. The van der Waals surface area contributed by atoms with Gasteiger partial charge in [-0.25, -0.2) is 14.5 Å². The molecule has 7 heteroatoms. The molecule has 136 valence electrons. The number of piperidine rings is 1. The molecule has 0 saturated carbocycles. The monoisotopic (exact) mass is 376 g/mol. The van der Waals surface area contributed by atoms with Crippen molar-refractivity contribution in [2.45, 2.75) is 25.3 Å². The summed E-state index contributed by atoms with van der Waals surface area (Å²) >= 11 is 1.72. The van der Waals surface area contributed by atoms with E-state index < -0.39 is 0 Å². The van der Waals surface area contributed by atoms with Crippen LogP contribution < -0.4 is 0 Å². The standard InChI is InChI=1S/C20H20N6S/c1-3-15(11-21-7-1)16-5-6-18-23-20(24-26(18)13-16)17-4-2-9-25(12-17)14-19-22-8-10-27-19/h1,3,5-8,10-11,13,17H,2,4,9,12,14H2/t17-/m1/s1. The number of rotatable bonds is 4. The number of likely N-dealkylation sites (tertiary alicyclic amines) is 1. The fraction of sp³-hybridized carbons (Fsp3) is 0.300. The molecule has 0 aromatic carbocycles. The van der Waals surface area contributed by atoms with Crippen LogP contribution in [-0.2, 0) is 6.54 Å². The van der Waals surface area contributed by atoms with E-state index in [-0.39, 0.29) is 0 Å². The van der Waals surface area contributed by atoms with E-state index in [1.54, 1.807) is 17.5 Å². The maximum atomic E-state index is 4.80. The van der Waals surface area contributed by atoms with Gasteiger partial charge in [-0.2, -0.15) is 5.10 Å². The van der Waals surface area contributed by atoms with Gasteiger partial charge in [0.15, 0.2) is 11.5 Å². The summed E-state index contributed by atoms with van der Waals surface area (Å²) in [6, 6.07) is 8.13. The second-order valence-electron chi connectivity index (χ2n) is 6.93. The first kappa shape index (κ1) is 16.5. The minimum Gasteiger partial charge on any atom is -0.296 e. The van der Waals surface area contributed by atoms with Gasteiger partial charge in [0.05, 0.1) is 6.54 Å². The molecule has 0 amide bonds. The van der Waals surface area contributed by atoms with Crippen molar-refractivity contribution in [2.75, 3.05) is 13.1 Å². The van der Waals surface area contributed by atoms with Crippen LogP contribution in [-0.4, -0.2) is 42.6 Å². The fourth-order valence-electron chi connectivity index (χ4n) is 3.71. The van der Waals surface area contributed by atoms with Gasteiger partial charge in [0.2, 0.25) is 0 Å². The van der Waals surface area contributed by atoms with Crippen LogP contribution >= 0.6 is 11.3 Å². The summed E-state index contributed by atoms with van der Waals surface area (Å²) in [7, 11) is 0. The molecule has 1 fully saturated rings. The van der Waals surface area contributed by atoms with Crippen LogP contribution in [0, 0.1) is 0 Å². The van der Waals surface area contributed by atoms with Crippen molar-refractivity contribution >= 4 is 17.0 Å². The van der Waals surface area contributed by atoms with Gasteiger partial charge in [-0.15, -0.1) is 11.3 Å². The van der Waals surface area contributed by atoms with Gasteiger partial charge in [-0.05, 0) is 37.6 Å². The number of nitrogens with zero attached hydrogens (tertiary/aromatic N) is 6. The minimum absolute atomic E-state index is 0.375. The molecule has 1 saturated heterocycles. The molecule has 1 aliphatic rings. The van der Waals surface area contributed by atoms with E-state index in [4.69, 9.17) is 10.1 Å². The molecule has 0 bridgehead atoms. The lowest BCUT2D eigenvalue weighted by Crippen LogP contribution is -2.34. The Hall–Kier alpha value is -2.64. The van der Waals surface area contributed by atoms with Gasteiger partial charge in [0.25, 0.3) is 0 Å². The van der Waals surface area contributed by atoms with Crippen LogP contribution in [0.3, 0.4) is 0 Å². The predicted octanol–water partition coefficient (Wildman–Crippen LogP) is 3.63. The highest BCUT2D eigenvalue weighted by atomic mass is 32.1. The van der Waals surface area contributed by atoms with Crippen LogP contribution in [0.5, 0.6) is 0 Å². The summed E-state index contributed by atoms with van der Waals surface area (Å²) < 4.78 is 1.90. The van der Waals surface area contributed by atoms with Crippen molar-refractivity contribution in [2.24, 2.45) is 0 Å². The van der Waals surface area contributed by atoms with Crippen LogP contribution in [0.1, 0.15) is 29.6 Å². The van der Waals surface area contributed by atoms with Crippen molar-refractivity contribution in [3.05, 3.63) is 65.3 Å². The highest BCUT2D eigenvalue weighted by Crippen LogP contribution is 2.27. The van der Waals surface area contributed by atoms with E-state index in [9.17, 15) is 0 Å². The Bertz CT molecular complexity index is 1030. The van der Waals surface area contributed by atoms with Crippen molar-refractivity contribution in [3.63, 3.8) is 0 Å². The minimum atomic E-state index is 0.375. The first-order valence-electron chi connectivity index (χ1n) is 9.22. The van der Waals surface area contributed by atoms with Gasteiger partial charge in [-0.3, -0.25) is 9.88 Å². The van der Waals surface area contributed by atoms with E-state index in [0.717, 1.165) is 48.7 Å². The molecule has 0 N–H and O–H groups in total. The van der Waals surface area contributed by atoms with Crippen LogP contribution in [0.2, 0.25) is 0 Å². The highest BCUT2D eigenvalue weighted by Gasteiger charge is 2.25. The third-order valence-electron chi connectivity index (χ3n) is 5.06. The molecule has 0 aliphatic carbocycles. The van der Waals surface area contributed by atoms with E-state index in [1.807, 2.05) is 40.6 Å². The van der Waals surface area contributed by atoms with Gasteiger partial charge in [-0.1, -0.05) is 6.07 Å². The smallest absolute Gasteiger partial charge is 0.156 e. The highest BCUT2D eigenvalue weighted by molar-refractivity contribution is 7.09. The maximum absolute atomic E-state index is 4.80. The van der Waals surface area contributed by atoms with Crippen molar-refractivity contribution in [3.8, 4) is 11.1 Å². The zero-order valence-electron chi connectivity index (χ0n) is 14.9. The maximum Gasteiger partial charge on any atom is 0.156 e. The summed E-state index contributed by atoms with van der Waals surface area (Å²) in [5.74, 6) is 1.32. The number of hydrogen-bond acceptors (Lipinski definition) is 6. The molecule has 27 heavy (non-hydrogen) atoms. The number of aromatic nitrogens is 5. The lowest BCUT2D eigenvalue weighted by Gasteiger charge is -2.30. The second-order valence-corrected chi connectivity index (χ2v) is 7.91. The molecule has 0 radical (unpaired) electrons. The molecule has 5 rings (SSSR count). The molecule has 5 heterocycles. The first-order chi connectivity index (χ1) is 13.3. The average molecular weight is 376 g/mol. The SMILES string of the molecule is c1cncc(-c2ccc3nc([C@@H]4CCCN(Cc5nccs5)C4)nn3c2)c1. The molecule has 6 nitrogen and oxygen atoms in total. The number of thiazole rings is 1.